The van der Waals surface area contributed by atoms with Crippen LogP contribution in [0.4, 0.5) is 0 Å². The summed E-state index contributed by atoms with van der Waals surface area (Å²) < 4.78 is 6.26. The quantitative estimate of drug-likeness (QED) is 0.194. The zero-order chi connectivity index (χ0) is 33.9. The van der Waals surface area contributed by atoms with Crippen LogP contribution >= 0.6 is 15.9 Å². The minimum absolute atomic E-state index is 0. The molecule has 2 unspecified atom stereocenters. The molecule has 8 rings (SSSR count). The maximum absolute atomic E-state index is 12.5. The number of esters is 1. The summed E-state index contributed by atoms with van der Waals surface area (Å²) in [7, 11) is 5.83. The predicted octanol–water partition coefficient (Wildman–Crippen LogP) is 9.19. The summed E-state index contributed by atoms with van der Waals surface area (Å²) in [4.78, 5) is 22.5. The van der Waals surface area contributed by atoms with Crippen molar-refractivity contribution in [2.45, 2.75) is 34.4 Å². The molecule has 4 aromatic rings. The van der Waals surface area contributed by atoms with Crippen molar-refractivity contribution >= 4 is 44.1 Å². The van der Waals surface area contributed by atoms with Crippen molar-refractivity contribution < 1.29 is 9.53 Å². The number of hydrogen-bond acceptors (Lipinski definition) is 6. The molecule has 0 bridgehead atoms. The lowest BCUT2D eigenvalue weighted by atomic mass is 9.91. The van der Waals surface area contributed by atoms with Gasteiger partial charge in [0.05, 0.1) is 24.8 Å². The number of methoxy groups -OCH3 is 1. The number of benzene rings is 4. The van der Waals surface area contributed by atoms with Gasteiger partial charge in [0, 0.05) is 56.8 Å². The summed E-state index contributed by atoms with van der Waals surface area (Å²) in [5.41, 5.74) is 10.6. The highest BCUT2D eigenvalue weighted by atomic mass is 79.9. The molecule has 52 heavy (non-hydrogen) atoms. The Morgan fingerprint density at radius 3 is 1.42 bits per heavy atom. The van der Waals surface area contributed by atoms with Crippen LogP contribution in [-0.4, -0.2) is 99.1 Å². The molecule has 0 radical (unpaired) electrons. The standard InChI is InChI=1S/C22H24N2O2.C20H21BrN2.3CH4/c1-23-11-13-24(14-12-23)21-17-8-4-3-7-16(17)15-20(22(25)26-2)18-9-5-6-10-19(18)21;1-22-10-12-23(13-11-22)20-16-7-3-2-6-15(16)14-19(21)17-8-4-5-9-18(17)20;;;/h3-10,15,21H,11-14H2,1-2H3;2-9,14,20H,10-13H2,1H3;3*1H4. The first-order chi connectivity index (χ1) is 23.9. The average Bonchev–Trinajstić information content (AvgIpc) is 3.36. The molecule has 276 valence electrons. The third-order valence-electron chi connectivity index (χ3n) is 10.4. The Labute approximate surface area is 321 Å². The van der Waals surface area contributed by atoms with Crippen LogP contribution in [0.15, 0.2) is 97.1 Å². The van der Waals surface area contributed by atoms with E-state index in [0.29, 0.717) is 11.6 Å². The molecule has 0 amide bonds. The molecule has 2 saturated heterocycles. The van der Waals surface area contributed by atoms with Crippen molar-refractivity contribution in [1.82, 2.24) is 19.6 Å². The molecule has 2 aliphatic heterocycles. The van der Waals surface area contributed by atoms with E-state index in [1.54, 1.807) is 0 Å². The Hall–Kier alpha value is -3.85. The maximum Gasteiger partial charge on any atom is 0.338 e. The number of rotatable bonds is 3. The highest BCUT2D eigenvalue weighted by molar-refractivity contribution is 9.15. The van der Waals surface area contributed by atoms with Gasteiger partial charge >= 0.3 is 5.97 Å². The van der Waals surface area contributed by atoms with Gasteiger partial charge in [-0.25, -0.2) is 4.79 Å². The summed E-state index contributed by atoms with van der Waals surface area (Å²) in [6, 6.07) is 34.7. The van der Waals surface area contributed by atoms with Gasteiger partial charge in [-0.1, -0.05) is 135 Å². The first kappa shape index (κ1) is 40.9. The lowest BCUT2D eigenvalue weighted by Gasteiger charge is -2.39. The topological polar surface area (TPSA) is 39.3 Å². The largest absolute Gasteiger partial charge is 0.465 e. The fourth-order valence-corrected chi connectivity index (χ4v) is 8.33. The zero-order valence-corrected chi connectivity index (χ0v) is 30.3. The van der Waals surface area contributed by atoms with E-state index in [1.807, 2.05) is 24.3 Å². The third-order valence-corrected chi connectivity index (χ3v) is 11.1. The Bertz CT molecular complexity index is 1870. The second-order valence-corrected chi connectivity index (χ2v) is 14.3. The summed E-state index contributed by atoms with van der Waals surface area (Å²) in [6.45, 7) is 8.62. The van der Waals surface area contributed by atoms with E-state index in [-0.39, 0.29) is 34.3 Å². The number of piperazine rings is 2. The molecule has 2 heterocycles. The number of carbonyl (C=O) groups excluding carboxylic acids is 1. The highest BCUT2D eigenvalue weighted by Gasteiger charge is 2.33. The first-order valence-electron chi connectivity index (χ1n) is 17.3. The van der Waals surface area contributed by atoms with Crippen molar-refractivity contribution in [1.29, 1.82) is 0 Å². The minimum atomic E-state index is -0.286. The van der Waals surface area contributed by atoms with E-state index in [2.05, 4.69) is 135 Å². The lowest BCUT2D eigenvalue weighted by Crippen LogP contribution is -2.46. The van der Waals surface area contributed by atoms with E-state index in [9.17, 15) is 4.79 Å². The Morgan fingerprint density at radius 2 is 0.942 bits per heavy atom. The number of nitrogens with zero attached hydrogens (tertiary/aromatic N) is 4. The lowest BCUT2D eigenvalue weighted by molar-refractivity contribution is -0.133. The third kappa shape index (κ3) is 8.35. The van der Waals surface area contributed by atoms with Crippen LogP contribution in [0.3, 0.4) is 0 Å². The fourth-order valence-electron chi connectivity index (χ4n) is 7.72. The second kappa shape index (κ2) is 18.3. The number of likely N-dealkylation sites (N-methyl/N-ethyl adjacent to an activating group) is 2. The van der Waals surface area contributed by atoms with E-state index < -0.39 is 0 Å². The molecular weight excluding hydrogens is 708 g/mol. The summed E-state index contributed by atoms with van der Waals surface area (Å²) >= 11 is 3.80. The van der Waals surface area contributed by atoms with E-state index in [4.69, 9.17) is 4.74 Å². The Kier molecular flexibility index (Phi) is 14.4. The summed E-state index contributed by atoms with van der Waals surface area (Å²) in [5, 5.41) is 0. The van der Waals surface area contributed by atoms with Crippen LogP contribution in [0.1, 0.15) is 78.9 Å². The molecule has 2 fully saturated rings. The van der Waals surface area contributed by atoms with Gasteiger partial charge in [0.2, 0.25) is 0 Å². The molecule has 0 N–H and O–H groups in total. The van der Waals surface area contributed by atoms with E-state index in [0.717, 1.165) is 63.5 Å². The molecular formula is C45H57BrN4O2. The summed E-state index contributed by atoms with van der Waals surface area (Å²) in [6.07, 6.45) is 4.25. The predicted molar refractivity (Wildman–Crippen MR) is 224 cm³/mol. The Balaban J connectivity index is 0.000000221. The second-order valence-electron chi connectivity index (χ2n) is 13.5. The molecule has 7 heteroatoms. The minimum Gasteiger partial charge on any atom is -0.465 e. The highest BCUT2D eigenvalue weighted by Crippen LogP contribution is 2.42. The Morgan fingerprint density at radius 1 is 0.558 bits per heavy atom. The van der Waals surface area contributed by atoms with Gasteiger partial charge in [-0.05, 0) is 70.8 Å². The molecule has 0 spiro atoms. The van der Waals surface area contributed by atoms with Crippen LogP contribution in [0.5, 0.6) is 0 Å². The van der Waals surface area contributed by atoms with Gasteiger partial charge in [0.25, 0.3) is 0 Å². The van der Waals surface area contributed by atoms with Gasteiger partial charge in [0.15, 0.2) is 0 Å². The average molecular weight is 766 g/mol. The zero-order valence-electron chi connectivity index (χ0n) is 28.7. The van der Waals surface area contributed by atoms with Crippen molar-refractivity contribution in [3.05, 3.63) is 142 Å². The van der Waals surface area contributed by atoms with Crippen molar-refractivity contribution in [2.75, 3.05) is 73.6 Å². The van der Waals surface area contributed by atoms with Crippen molar-refractivity contribution in [3.63, 3.8) is 0 Å². The van der Waals surface area contributed by atoms with E-state index >= 15 is 0 Å². The van der Waals surface area contributed by atoms with Gasteiger partial charge < -0.3 is 14.5 Å². The van der Waals surface area contributed by atoms with Crippen molar-refractivity contribution in [3.8, 4) is 0 Å². The van der Waals surface area contributed by atoms with Crippen LogP contribution in [0, 0.1) is 0 Å². The molecule has 4 aliphatic rings. The normalized spacial score (nSPS) is 20.0. The first-order valence-corrected chi connectivity index (χ1v) is 18.1. The number of hydrogen-bond donors (Lipinski definition) is 0. The maximum atomic E-state index is 12.5. The summed E-state index contributed by atoms with van der Waals surface area (Å²) in [5.74, 6) is -0.286. The number of carbonyl (C=O) groups is 1. The number of fused-ring (bicyclic) bond motifs is 4. The molecule has 6 nitrogen and oxygen atoms in total. The molecule has 0 saturated carbocycles. The fraction of sp³-hybridized carbons (Fsp3) is 0.356. The van der Waals surface area contributed by atoms with Gasteiger partial charge in [-0.15, -0.1) is 0 Å². The van der Waals surface area contributed by atoms with Gasteiger partial charge in [-0.3, -0.25) is 9.80 Å². The van der Waals surface area contributed by atoms with E-state index in [1.165, 1.54) is 45.0 Å². The van der Waals surface area contributed by atoms with Crippen LogP contribution in [0.25, 0.3) is 22.2 Å². The van der Waals surface area contributed by atoms with Crippen LogP contribution in [-0.2, 0) is 9.53 Å². The number of halogens is 1. The smallest absolute Gasteiger partial charge is 0.338 e. The molecule has 2 atom stereocenters. The van der Waals surface area contributed by atoms with Crippen LogP contribution in [0.2, 0.25) is 0 Å². The molecule has 4 aromatic carbocycles. The number of ether oxygens (including phenoxy) is 1. The van der Waals surface area contributed by atoms with Gasteiger partial charge in [0.1, 0.15) is 0 Å². The van der Waals surface area contributed by atoms with Gasteiger partial charge in [-0.2, -0.15) is 0 Å². The molecule has 0 aromatic heterocycles. The van der Waals surface area contributed by atoms with Crippen LogP contribution < -0.4 is 0 Å². The SMILES string of the molecule is C.C.C.CN1CCN(C2c3ccccc3C=C(Br)c3ccccc32)CC1.COC(=O)C1=Cc2ccccc2C(N2CCN(C)CC2)c2ccccc21. The monoisotopic (exact) mass is 764 g/mol. The molecule has 2 aliphatic carbocycles. The van der Waals surface area contributed by atoms with Crippen molar-refractivity contribution in [2.24, 2.45) is 0 Å².